The number of benzene rings is 1. The minimum absolute atomic E-state index is 0.0343. The van der Waals surface area contributed by atoms with E-state index in [1.165, 1.54) is 29.7 Å². The first-order chi connectivity index (χ1) is 30.4. The van der Waals surface area contributed by atoms with Crippen LogP contribution in [0.2, 0.25) is 0 Å². The second kappa shape index (κ2) is 18.4. The molecule has 64 heavy (non-hydrogen) atoms. The van der Waals surface area contributed by atoms with Crippen molar-refractivity contribution in [2.45, 2.75) is 116 Å². The molecule has 0 bridgehead atoms. The van der Waals surface area contributed by atoms with E-state index in [0.29, 0.717) is 71.1 Å². The highest BCUT2D eigenvalue weighted by molar-refractivity contribution is 6.12. The molecular weight excluding hydrogens is 834 g/mol. The van der Waals surface area contributed by atoms with Gasteiger partial charge in [0, 0.05) is 47.7 Å². The molecule has 5 heterocycles. The molecule has 0 radical (unpaired) electrons. The van der Waals surface area contributed by atoms with Crippen LogP contribution in [0.15, 0.2) is 29.1 Å². The summed E-state index contributed by atoms with van der Waals surface area (Å²) in [6.07, 6.45) is 4.96. The lowest BCUT2D eigenvalue weighted by molar-refractivity contribution is -0.172. The van der Waals surface area contributed by atoms with Crippen molar-refractivity contribution in [3.8, 4) is 11.4 Å². The molecule has 2 aromatic heterocycles. The molecule has 6 amide bonds. The Bertz CT molecular complexity index is 2550. The Morgan fingerprint density at radius 2 is 1.72 bits per heavy atom. The number of hydrogen-bond donors (Lipinski definition) is 5. The van der Waals surface area contributed by atoms with E-state index in [1.807, 2.05) is 0 Å². The molecular formula is C45H52FN7O11. The van der Waals surface area contributed by atoms with E-state index in [1.54, 1.807) is 33.8 Å². The van der Waals surface area contributed by atoms with Crippen LogP contribution >= 0.6 is 0 Å². The van der Waals surface area contributed by atoms with E-state index < -0.39 is 65.4 Å². The first-order valence-electron chi connectivity index (χ1n) is 21.5. The second-order valence-electron chi connectivity index (χ2n) is 17.0. The molecule has 0 unspecified atom stereocenters. The van der Waals surface area contributed by atoms with Crippen molar-refractivity contribution in [1.82, 2.24) is 35.7 Å². The number of aryl methyl sites for hydroxylation is 1. The maximum absolute atomic E-state index is 15.3. The van der Waals surface area contributed by atoms with Crippen LogP contribution in [-0.4, -0.2) is 92.9 Å². The first kappa shape index (κ1) is 45.7. The number of hydrogen-bond acceptors (Lipinski definition) is 12. The van der Waals surface area contributed by atoms with Crippen molar-refractivity contribution in [3.63, 3.8) is 0 Å². The number of fused-ring (bicyclic) bond motifs is 5. The van der Waals surface area contributed by atoms with Crippen LogP contribution in [0.4, 0.5) is 4.39 Å². The zero-order valence-corrected chi connectivity index (χ0v) is 36.4. The average molecular weight is 886 g/mol. The smallest absolute Gasteiger partial charge is 0.343 e. The third-order valence-electron chi connectivity index (χ3n) is 12.5. The Kier molecular flexibility index (Phi) is 13.1. The molecule has 0 spiro atoms. The molecule has 0 saturated carbocycles. The third kappa shape index (κ3) is 8.65. The first-order valence-corrected chi connectivity index (χ1v) is 21.5. The quantitative estimate of drug-likeness (QED) is 0.0442. The van der Waals surface area contributed by atoms with Gasteiger partial charge in [-0.15, -0.1) is 0 Å². The normalized spacial score (nSPS) is 19.2. The van der Waals surface area contributed by atoms with Crippen LogP contribution in [-0.2, 0) is 68.2 Å². The van der Waals surface area contributed by atoms with Crippen molar-refractivity contribution in [3.05, 3.63) is 73.8 Å². The summed E-state index contributed by atoms with van der Waals surface area (Å²) in [6, 6.07) is 0.358. The zero-order chi connectivity index (χ0) is 46.2. The number of carbonyl (C=O) groups is 7. The molecule has 1 aliphatic carbocycles. The van der Waals surface area contributed by atoms with Gasteiger partial charge in [0.15, 0.2) is 5.60 Å². The Balaban J connectivity index is 0.941. The highest BCUT2D eigenvalue weighted by Crippen LogP contribution is 2.46. The Labute approximate surface area is 367 Å². The van der Waals surface area contributed by atoms with Gasteiger partial charge in [0.25, 0.3) is 17.4 Å². The molecule has 1 aromatic carbocycles. The standard InChI is InChI=1S/C45H52FN7O11/c1-6-45(62)28-16-32-40-26(18-53(32)43(60)27(28)19-64-44(45)61)38-30(12-11-25-23(4)29(46)17-31(50-40)37(25)38)49-34(55)20-63-21-47-41(58)24(5)48-42(59)39(22(2)3)51-33(54)10-8-7-9-15-52-35(56)13-14-36(52)57/h13-14,16-17,22,24,30,39,62H,6-12,15,18-21H2,1-5H3,(H,47,58)(H,48,59)(H,49,55)(H,51,54)/t24-,30-,39-,45-/m0/s1. The van der Waals surface area contributed by atoms with Gasteiger partial charge in [-0.25, -0.2) is 14.2 Å². The summed E-state index contributed by atoms with van der Waals surface area (Å²) in [5.74, 6) is -4.35. The molecule has 5 N–H and O–H groups in total. The van der Waals surface area contributed by atoms with Crippen molar-refractivity contribution in [2.24, 2.45) is 5.92 Å². The van der Waals surface area contributed by atoms with Crippen molar-refractivity contribution >= 4 is 52.3 Å². The Morgan fingerprint density at radius 1 is 0.984 bits per heavy atom. The lowest BCUT2D eigenvalue weighted by Crippen LogP contribution is -2.54. The number of aliphatic hydroxyl groups is 1. The van der Waals surface area contributed by atoms with Crippen molar-refractivity contribution < 1.29 is 52.5 Å². The number of imide groups is 1. The molecule has 4 aliphatic rings. The van der Waals surface area contributed by atoms with Crippen LogP contribution in [0.1, 0.15) is 106 Å². The van der Waals surface area contributed by atoms with Crippen molar-refractivity contribution in [2.75, 3.05) is 19.9 Å². The minimum Gasteiger partial charge on any atom is -0.458 e. The largest absolute Gasteiger partial charge is 0.458 e. The predicted molar refractivity (Wildman–Crippen MR) is 226 cm³/mol. The molecule has 3 aromatic rings. The molecule has 340 valence electrons. The number of carbonyl (C=O) groups excluding carboxylic acids is 7. The van der Waals surface area contributed by atoms with Gasteiger partial charge >= 0.3 is 5.97 Å². The number of aromatic nitrogens is 2. The zero-order valence-electron chi connectivity index (χ0n) is 36.4. The highest BCUT2D eigenvalue weighted by Gasteiger charge is 2.46. The summed E-state index contributed by atoms with van der Waals surface area (Å²) in [7, 11) is 0. The minimum atomic E-state index is -2.03. The fourth-order valence-electron chi connectivity index (χ4n) is 8.89. The molecule has 19 heteroatoms. The van der Waals surface area contributed by atoms with E-state index >= 15 is 4.39 Å². The summed E-state index contributed by atoms with van der Waals surface area (Å²) >= 11 is 0. The number of pyridine rings is 2. The summed E-state index contributed by atoms with van der Waals surface area (Å²) in [5, 5.41) is 22.9. The maximum atomic E-state index is 15.3. The van der Waals surface area contributed by atoms with Crippen LogP contribution in [0, 0.1) is 18.7 Å². The maximum Gasteiger partial charge on any atom is 0.343 e. The van der Waals surface area contributed by atoms with Gasteiger partial charge in [-0.05, 0) is 74.6 Å². The van der Waals surface area contributed by atoms with Crippen molar-refractivity contribution in [1.29, 1.82) is 0 Å². The number of unbranched alkanes of at least 4 members (excludes halogenated alkanes) is 2. The van der Waals surface area contributed by atoms with Crippen LogP contribution in [0.3, 0.4) is 0 Å². The average Bonchev–Trinajstić information content (AvgIpc) is 3.79. The summed E-state index contributed by atoms with van der Waals surface area (Å²) in [6.45, 7) is 7.48. The summed E-state index contributed by atoms with van der Waals surface area (Å²) in [5.41, 5.74) is 1.37. The van der Waals surface area contributed by atoms with E-state index in [-0.39, 0.29) is 74.0 Å². The van der Waals surface area contributed by atoms with Gasteiger partial charge in [0.2, 0.25) is 23.6 Å². The molecule has 0 fully saturated rings. The number of nitrogens with one attached hydrogen (secondary N) is 4. The molecule has 0 saturated heterocycles. The Hall–Kier alpha value is -6.34. The number of halogens is 1. The molecule has 4 atom stereocenters. The van der Waals surface area contributed by atoms with E-state index in [2.05, 4.69) is 21.3 Å². The fraction of sp³-hybridized carbons (Fsp3) is 0.489. The van der Waals surface area contributed by atoms with Crippen LogP contribution < -0.4 is 26.8 Å². The Morgan fingerprint density at radius 3 is 2.42 bits per heavy atom. The van der Waals surface area contributed by atoms with Crippen LogP contribution in [0.25, 0.3) is 22.3 Å². The van der Waals surface area contributed by atoms with Gasteiger partial charge < -0.3 is 40.4 Å². The molecule has 18 nitrogen and oxygen atoms in total. The van der Waals surface area contributed by atoms with Gasteiger partial charge in [0.1, 0.15) is 37.8 Å². The molecule has 7 rings (SSSR count). The van der Waals surface area contributed by atoms with Gasteiger partial charge in [0.05, 0.1) is 35.1 Å². The number of cyclic esters (lactones) is 1. The van der Waals surface area contributed by atoms with Gasteiger partial charge in [-0.3, -0.25) is 38.5 Å². The third-order valence-corrected chi connectivity index (χ3v) is 12.5. The number of nitrogens with zero attached hydrogens (tertiary/aromatic N) is 3. The van der Waals surface area contributed by atoms with Crippen LogP contribution in [0.5, 0.6) is 0 Å². The van der Waals surface area contributed by atoms with E-state index in [0.717, 1.165) is 10.5 Å². The van der Waals surface area contributed by atoms with Gasteiger partial charge in [-0.1, -0.05) is 27.2 Å². The number of ether oxygens (including phenoxy) is 2. The molecule has 3 aliphatic heterocycles. The highest BCUT2D eigenvalue weighted by atomic mass is 19.1. The lowest BCUT2D eigenvalue weighted by Gasteiger charge is -2.31. The second-order valence-corrected chi connectivity index (χ2v) is 17.0. The lowest BCUT2D eigenvalue weighted by atomic mass is 9.81. The van der Waals surface area contributed by atoms with E-state index in [4.69, 9.17) is 14.5 Å². The summed E-state index contributed by atoms with van der Waals surface area (Å²) < 4.78 is 27.5. The summed E-state index contributed by atoms with van der Waals surface area (Å²) in [4.78, 5) is 108. The number of esters is 1. The number of rotatable bonds is 17. The SMILES string of the molecule is CC[C@@]1(O)C(=O)OCc2c1cc1n(c2=O)Cc2c-1nc1cc(F)c(C)c3c1c2[C@@H](NC(=O)COCNC(=O)[C@H](C)NC(=O)[C@@H](NC(=O)CCCCCN1C(=O)C=CC1=O)C(C)C)CC3. The fourth-order valence-corrected chi connectivity index (χ4v) is 8.89. The van der Waals surface area contributed by atoms with Gasteiger partial charge in [-0.2, -0.15) is 0 Å². The topological polar surface area (TPSA) is 244 Å². The predicted octanol–water partition coefficient (Wildman–Crippen LogP) is 1.85. The number of amides is 6. The monoisotopic (exact) mass is 885 g/mol. The van der Waals surface area contributed by atoms with E-state index in [9.17, 15) is 43.5 Å².